The molecule has 0 aliphatic rings. The molecule has 1 unspecified atom stereocenters. The summed E-state index contributed by atoms with van der Waals surface area (Å²) in [6.07, 6.45) is 0. The van der Waals surface area contributed by atoms with Crippen molar-refractivity contribution in [2.24, 2.45) is 5.92 Å². The molecule has 4 heteroatoms. The number of benzene rings is 1. The average Bonchev–Trinajstić information content (AvgIpc) is 2.38. The Hall–Kier alpha value is -1.34. The van der Waals surface area contributed by atoms with Crippen molar-refractivity contribution >= 4 is 21.8 Å². The van der Waals surface area contributed by atoms with Crippen LogP contribution in [-0.2, 0) is 0 Å². The van der Waals surface area contributed by atoms with Crippen molar-refractivity contribution in [2.75, 3.05) is 13.1 Å². The fourth-order valence-electron chi connectivity index (χ4n) is 1.64. The lowest BCUT2D eigenvalue weighted by Gasteiger charge is -2.22. The molecule has 1 rings (SSSR count). The van der Waals surface area contributed by atoms with Gasteiger partial charge in [-0.15, -0.1) is 0 Å². The number of amides is 1. The van der Waals surface area contributed by atoms with Crippen molar-refractivity contribution in [1.29, 1.82) is 5.26 Å². The number of rotatable bonds is 4. The summed E-state index contributed by atoms with van der Waals surface area (Å²) in [5.74, 6) is -0.178. The van der Waals surface area contributed by atoms with E-state index in [4.69, 9.17) is 5.26 Å². The molecule has 0 aromatic heterocycles. The Morgan fingerprint density at radius 2 is 2.22 bits per heavy atom. The third kappa shape index (κ3) is 3.58. The quantitative estimate of drug-likeness (QED) is 0.856. The average molecular weight is 309 g/mol. The number of carbonyl (C=O) groups is 1. The smallest absolute Gasteiger partial charge is 0.253 e. The van der Waals surface area contributed by atoms with Crippen LogP contribution in [0.5, 0.6) is 0 Å². The first kappa shape index (κ1) is 14.7. The summed E-state index contributed by atoms with van der Waals surface area (Å²) in [5, 5.41) is 8.82. The van der Waals surface area contributed by atoms with Crippen LogP contribution in [0.3, 0.4) is 0 Å². The third-order valence-corrected chi connectivity index (χ3v) is 3.66. The highest BCUT2D eigenvalue weighted by Crippen LogP contribution is 2.19. The molecule has 1 atom stereocenters. The molecule has 0 N–H and O–H groups in total. The van der Waals surface area contributed by atoms with E-state index in [1.165, 1.54) is 0 Å². The Balaban J connectivity index is 2.90. The Labute approximate surface area is 117 Å². The van der Waals surface area contributed by atoms with E-state index in [0.29, 0.717) is 18.7 Å². The Morgan fingerprint density at radius 1 is 1.56 bits per heavy atom. The number of aryl methyl sites for hydroxylation is 1. The first-order valence-electron chi connectivity index (χ1n) is 5.94. The van der Waals surface area contributed by atoms with Gasteiger partial charge in [0.05, 0.1) is 12.0 Å². The van der Waals surface area contributed by atoms with Crippen LogP contribution in [0.15, 0.2) is 22.7 Å². The zero-order valence-electron chi connectivity index (χ0n) is 10.9. The van der Waals surface area contributed by atoms with Crippen molar-refractivity contribution in [1.82, 2.24) is 4.90 Å². The standard InChI is InChI=1S/C14H17BrN2O/c1-4-17(9-10(2)8-16)14(18)12-6-5-11(3)13(15)7-12/h5-7,10H,4,9H2,1-3H3. The maximum atomic E-state index is 12.3. The SMILES string of the molecule is CCN(CC(C)C#N)C(=O)c1ccc(C)c(Br)c1. The fraction of sp³-hybridized carbons (Fsp3) is 0.429. The number of carbonyl (C=O) groups excluding carboxylic acids is 1. The molecule has 1 amide bonds. The van der Waals surface area contributed by atoms with Gasteiger partial charge in [0.15, 0.2) is 0 Å². The van der Waals surface area contributed by atoms with Crippen molar-refractivity contribution in [2.45, 2.75) is 20.8 Å². The van der Waals surface area contributed by atoms with E-state index < -0.39 is 0 Å². The molecule has 0 aliphatic carbocycles. The zero-order chi connectivity index (χ0) is 13.7. The number of hydrogen-bond donors (Lipinski definition) is 0. The summed E-state index contributed by atoms with van der Waals surface area (Å²) in [7, 11) is 0. The molecule has 0 radical (unpaired) electrons. The van der Waals surface area contributed by atoms with E-state index in [1.54, 1.807) is 4.90 Å². The second kappa shape index (κ2) is 6.55. The lowest BCUT2D eigenvalue weighted by Crippen LogP contribution is -2.34. The van der Waals surface area contributed by atoms with E-state index in [2.05, 4.69) is 22.0 Å². The molecule has 0 saturated heterocycles. The number of hydrogen-bond acceptors (Lipinski definition) is 2. The molecule has 1 aromatic carbocycles. The van der Waals surface area contributed by atoms with Crippen LogP contribution in [0.1, 0.15) is 29.8 Å². The Kier molecular flexibility index (Phi) is 5.36. The summed E-state index contributed by atoms with van der Waals surface area (Å²) in [4.78, 5) is 14.0. The van der Waals surface area contributed by atoms with Crippen molar-refractivity contribution in [3.63, 3.8) is 0 Å². The lowest BCUT2D eigenvalue weighted by atomic mass is 10.1. The normalized spacial score (nSPS) is 11.7. The van der Waals surface area contributed by atoms with Gasteiger partial charge in [0.1, 0.15) is 0 Å². The van der Waals surface area contributed by atoms with Gasteiger partial charge in [-0.25, -0.2) is 0 Å². The van der Waals surface area contributed by atoms with Gasteiger partial charge in [-0.05, 0) is 38.5 Å². The van der Waals surface area contributed by atoms with Gasteiger partial charge in [-0.3, -0.25) is 4.79 Å². The topological polar surface area (TPSA) is 44.1 Å². The third-order valence-electron chi connectivity index (χ3n) is 2.80. The van der Waals surface area contributed by atoms with Gasteiger partial charge in [-0.1, -0.05) is 22.0 Å². The van der Waals surface area contributed by atoms with E-state index >= 15 is 0 Å². The summed E-state index contributed by atoms with van der Waals surface area (Å²) in [6.45, 7) is 6.80. The first-order chi connectivity index (χ1) is 8.49. The van der Waals surface area contributed by atoms with Gasteiger partial charge < -0.3 is 4.90 Å². The van der Waals surface area contributed by atoms with Crippen LogP contribution in [0, 0.1) is 24.2 Å². The highest BCUT2D eigenvalue weighted by atomic mass is 79.9. The van der Waals surface area contributed by atoms with Gasteiger partial charge in [0.25, 0.3) is 5.91 Å². The van der Waals surface area contributed by atoms with Crippen LogP contribution in [0.2, 0.25) is 0 Å². The van der Waals surface area contributed by atoms with Crippen LogP contribution in [-0.4, -0.2) is 23.9 Å². The second-order valence-corrected chi connectivity index (χ2v) is 5.19. The van der Waals surface area contributed by atoms with E-state index in [1.807, 2.05) is 39.0 Å². The molecule has 0 saturated carbocycles. The number of halogens is 1. The summed E-state index contributed by atoms with van der Waals surface area (Å²) in [6, 6.07) is 7.72. The lowest BCUT2D eigenvalue weighted by molar-refractivity contribution is 0.0752. The van der Waals surface area contributed by atoms with Crippen LogP contribution in [0.4, 0.5) is 0 Å². The van der Waals surface area contributed by atoms with Gasteiger partial charge >= 0.3 is 0 Å². The molecule has 0 bridgehead atoms. The van der Waals surface area contributed by atoms with E-state index in [9.17, 15) is 4.79 Å². The minimum atomic E-state index is -0.150. The van der Waals surface area contributed by atoms with E-state index in [-0.39, 0.29) is 11.8 Å². The van der Waals surface area contributed by atoms with Crippen molar-refractivity contribution in [3.8, 4) is 6.07 Å². The molecule has 0 fully saturated rings. The van der Waals surface area contributed by atoms with Gasteiger partial charge in [0.2, 0.25) is 0 Å². The number of nitrogens with zero attached hydrogens (tertiary/aromatic N) is 2. The van der Waals surface area contributed by atoms with Gasteiger partial charge in [0, 0.05) is 23.1 Å². The highest BCUT2D eigenvalue weighted by molar-refractivity contribution is 9.10. The fourth-order valence-corrected chi connectivity index (χ4v) is 2.01. The van der Waals surface area contributed by atoms with Crippen molar-refractivity contribution in [3.05, 3.63) is 33.8 Å². The van der Waals surface area contributed by atoms with Crippen molar-refractivity contribution < 1.29 is 4.79 Å². The number of nitriles is 1. The second-order valence-electron chi connectivity index (χ2n) is 4.34. The molecule has 1 aromatic rings. The van der Waals surface area contributed by atoms with Crippen LogP contribution < -0.4 is 0 Å². The molecular formula is C14H17BrN2O. The highest BCUT2D eigenvalue weighted by Gasteiger charge is 2.17. The largest absolute Gasteiger partial charge is 0.338 e. The summed E-state index contributed by atoms with van der Waals surface area (Å²) < 4.78 is 0.928. The first-order valence-corrected chi connectivity index (χ1v) is 6.74. The van der Waals surface area contributed by atoms with E-state index in [0.717, 1.165) is 10.0 Å². The Bertz CT molecular complexity index is 479. The van der Waals surface area contributed by atoms with Crippen LogP contribution >= 0.6 is 15.9 Å². The molecule has 0 heterocycles. The maximum absolute atomic E-state index is 12.3. The molecular weight excluding hydrogens is 292 g/mol. The summed E-state index contributed by atoms with van der Waals surface area (Å²) in [5.41, 5.74) is 1.75. The molecule has 3 nitrogen and oxygen atoms in total. The predicted molar refractivity (Wildman–Crippen MR) is 75.2 cm³/mol. The minimum Gasteiger partial charge on any atom is -0.338 e. The maximum Gasteiger partial charge on any atom is 0.253 e. The Morgan fingerprint density at radius 3 is 2.72 bits per heavy atom. The molecule has 0 aliphatic heterocycles. The van der Waals surface area contributed by atoms with Crippen LogP contribution in [0.25, 0.3) is 0 Å². The zero-order valence-corrected chi connectivity index (χ0v) is 12.5. The molecule has 18 heavy (non-hydrogen) atoms. The molecule has 0 spiro atoms. The predicted octanol–water partition coefficient (Wildman–Crippen LogP) is 3.38. The monoisotopic (exact) mass is 308 g/mol. The summed E-state index contributed by atoms with van der Waals surface area (Å²) >= 11 is 3.43. The minimum absolute atomic E-state index is 0.0275. The molecule has 96 valence electrons. The van der Waals surface area contributed by atoms with Gasteiger partial charge in [-0.2, -0.15) is 5.26 Å².